The van der Waals surface area contributed by atoms with Crippen molar-refractivity contribution < 1.29 is 0 Å². The number of hydrogen-bond donors (Lipinski definition) is 1. The van der Waals surface area contributed by atoms with Gasteiger partial charge in [0.05, 0.1) is 0 Å². The Morgan fingerprint density at radius 3 is 2.81 bits per heavy atom. The predicted molar refractivity (Wildman–Crippen MR) is 66.6 cm³/mol. The Bertz CT molecular complexity index is 356. The quantitative estimate of drug-likeness (QED) is 0.805. The van der Waals surface area contributed by atoms with Gasteiger partial charge < -0.3 is 5.32 Å². The molecule has 0 saturated heterocycles. The molecule has 0 aliphatic heterocycles. The molecule has 3 unspecified atom stereocenters. The van der Waals surface area contributed by atoms with Gasteiger partial charge in [0.2, 0.25) is 5.28 Å². The van der Waals surface area contributed by atoms with Crippen LogP contribution in [0.2, 0.25) is 5.28 Å². The summed E-state index contributed by atoms with van der Waals surface area (Å²) in [6, 6.07) is 2.39. The molecular weight excluding hydrogens is 222 g/mol. The van der Waals surface area contributed by atoms with E-state index in [0.29, 0.717) is 11.3 Å². The standard InChI is InChI=1S/C12H18ClN3/c1-8-3-4-10(7-9(8)2)15-11-5-6-14-12(13)16-11/h5-6,8-10H,3-4,7H2,1-2H3,(H,14,15,16). The number of halogens is 1. The fraction of sp³-hybridized carbons (Fsp3) is 0.667. The van der Waals surface area contributed by atoms with Crippen molar-refractivity contribution >= 4 is 17.4 Å². The van der Waals surface area contributed by atoms with E-state index in [0.717, 1.165) is 17.7 Å². The largest absolute Gasteiger partial charge is 0.367 e. The van der Waals surface area contributed by atoms with Crippen molar-refractivity contribution in [3.05, 3.63) is 17.5 Å². The van der Waals surface area contributed by atoms with Gasteiger partial charge in [-0.3, -0.25) is 0 Å². The topological polar surface area (TPSA) is 37.8 Å². The molecule has 1 aliphatic carbocycles. The van der Waals surface area contributed by atoms with Crippen molar-refractivity contribution in [2.75, 3.05) is 5.32 Å². The van der Waals surface area contributed by atoms with Crippen molar-refractivity contribution in [2.24, 2.45) is 11.8 Å². The van der Waals surface area contributed by atoms with Crippen LogP contribution >= 0.6 is 11.6 Å². The Balaban J connectivity index is 1.95. The highest BCUT2D eigenvalue weighted by molar-refractivity contribution is 6.28. The van der Waals surface area contributed by atoms with Crippen LogP contribution in [0.3, 0.4) is 0 Å². The summed E-state index contributed by atoms with van der Waals surface area (Å²) in [7, 11) is 0. The molecule has 4 heteroatoms. The van der Waals surface area contributed by atoms with Crippen LogP contribution in [0.25, 0.3) is 0 Å². The summed E-state index contributed by atoms with van der Waals surface area (Å²) in [5, 5.41) is 3.74. The SMILES string of the molecule is CC1CCC(Nc2ccnc(Cl)n2)CC1C. The van der Waals surface area contributed by atoms with Crippen LogP contribution in [0.5, 0.6) is 0 Å². The lowest BCUT2D eigenvalue weighted by atomic mass is 9.79. The highest BCUT2D eigenvalue weighted by Crippen LogP contribution is 2.30. The van der Waals surface area contributed by atoms with E-state index in [1.165, 1.54) is 19.3 Å². The van der Waals surface area contributed by atoms with Gasteiger partial charge in [0.1, 0.15) is 5.82 Å². The zero-order valence-electron chi connectivity index (χ0n) is 9.78. The first kappa shape index (κ1) is 11.6. The van der Waals surface area contributed by atoms with E-state index < -0.39 is 0 Å². The Labute approximate surface area is 102 Å². The van der Waals surface area contributed by atoms with Crippen LogP contribution in [0.4, 0.5) is 5.82 Å². The van der Waals surface area contributed by atoms with E-state index in [-0.39, 0.29) is 0 Å². The molecule has 0 radical (unpaired) electrons. The second-order valence-electron chi connectivity index (χ2n) is 4.82. The van der Waals surface area contributed by atoms with E-state index in [1.54, 1.807) is 6.20 Å². The summed E-state index contributed by atoms with van der Waals surface area (Å²) >= 11 is 5.75. The number of nitrogens with one attached hydrogen (secondary N) is 1. The number of aromatic nitrogens is 2. The number of nitrogens with zero attached hydrogens (tertiary/aromatic N) is 2. The van der Waals surface area contributed by atoms with Gasteiger partial charge in [-0.25, -0.2) is 9.97 Å². The van der Waals surface area contributed by atoms with E-state index in [2.05, 4.69) is 29.1 Å². The molecule has 1 saturated carbocycles. The average Bonchev–Trinajstić information content (AvgIpc) is 2.24. The molecule has 3 atom stereocenters. The molecule has 3 nitrogen and oxygen atoms in total. The van der Waals surface area contributed by atoms with Crippen LogP contribution in [-0.4, -0.2) is 16.0 Å². The van der Waals surface area contributed by atoms with Crippen molar-refractivity contribution in [1.29, 1.82) is 0 Å². The number of hydrogen-bond acceptors (Lipinski definition) is 3. The van der Waals surface area contributed by atoms with Gasteiger partial charge in [-0.05, 0) is 48.8 Å². The maximum atomic E-state index is 5.75. The smallest absolute Gasteiger partial charge is 0.224 e. The molecule has 1 N–H and O–H groups in total. The minimum atomic E-state index is 0.308. The maximum absolute atomic E-state index is 5.75. The molecule has 0 spiro atoms. The summed E-state index contributed by atoms with van der Waals surface area (Å²) in [5.41, 5.74) is 0. The monoisotopic (exact) mass is 239 g/mol. The highest BCUT2D eigenvalue weighted by Gasteiger charge is 2.24. The summed E-state index contributed by atoms with van der Waals surface area (Å²) < 4.78 is 0. The fourth-order valence-electron chi connectivity index (χ4n) is 2.30. The van der Waals surface area contributed by atoms with Gasteiger partial charge in [0, 0.05) is 12.2 Å². The molecule has 1 fully saturated rings. The van der Waals surface area contributed by atoms with Crippen molar-refractivity contribution in [3.63, 3.8) is 0 Å². The Morgan fingerprint density at radius 2 is 2.12 bits per heavy atom. The molecule has 0 bridgehead atoms. The lowest BCUT2D eigenvalue weighted by Gasteiger charge is -2.32. The number of anilines is 1. The van der Waals surface area contributed by atoms with Crippen LogP contribution in [-0.2, 0) is 0 Å². The third-order valence-electron chi connectivity index (χ3n) is 3.58. The summed E-state index contributed by atoms with van der Waals surface area (Å²) in [4.78, 5) is 8.03. The molecule has 0 amide bonds. The first-order valence-electron chi connectivity index (χ1n) is 5.90. The average molecular weight is 240 g/mol. The Kier molecular flexibility index (Phi) is 3.64. The summed E-state index contributed by atoms with van der Waals surface area (Å²) in [6.45, 7) is 4.66. The normalized spacial score (nSPS) is 30.1. The third kappa shape index (κ3) is 2.85. The zero-order valence-corrected chi connectivity index (χ0v) is 10.5. The van der Waals surface area contributed by atoms with Crippen molar-refractivity contribution in [1.82, 2.24) is 9.97 Å². The molecular formula is C12H18ClN3. The van der Waals surface area contributed by atoms with E-state index in [1.807, 2.05) is 6.07 Å². The van der Waals surface area contributed by atoms with Crippen LogP contribution in [0, 0.1) is 11.8 Å². The van der Waals surface area contributed by atoms with E-state index in [9.17, 15) is 0 Å². The van der Waals surface area contributed by atoms with Gasteiger partial charge >= 0.3 is 0 Å². The van der Waals surface area contributed by atoms with Gasteiger partial charge in [-0.15, -0.1) is 0 Å². The van der Waals surface area contributed by atoms with Gasteiger partial charge in [-0.2, -0.15) is 0 Å². The first-order chi connectivity index (χ1) is 7.65. The molecule has 1 heterocycles. The molecule has 1 aromatic rings. The molecule has 1 aliphatic rings. The lowest BCUT2D eigenvalue weighted by Crippen LogP contribution is -2.30. The highest BCUT2D eigenvalue weighted by atomic mass is 35.5. The first-order valence-corrected chi connectivity index (χ1v) is 6.28. The molecule has 0 aromatic carbocycles. The van der Waals surface area contributed by atoms with Gasteiger partial charge in [-0.1, -0.05) is 13.8 Å². The van der Waals surface area contributed by atoms with Crippen LogP contribution < -0.4 is 5.32 Å². The fourth-order valence-corrected chi connectivity index (χ4v) is 2.45. The minimum Gasteiger partial charge on any atom is -0.367 e. The second-order valence-corrected chi connectivity index (χ2v) is 5.16. The van der Waals surface area contributed by atoms with E-state index >= 15 is 0 Å². The van der Waals surface area contributed by atoms with Crippen molar-refractivity contribution in [2.45, 2.75) is 39.2 Å². The molecule has 16 heavy (non-hydrogen) atoms. The lowest BCUT2D eigenvalue weighted by molar-refractivity contribution is 0.260. The Morgan fingerprint density at radius 1 is 1.31 bits per heavy atom. The molecule has 2 rings (SSSR count). The Hall–Kier alpha value is -0.830. The summed E-state index contributed by atoms with van der Waals surface area (Å²) in [6.07, 6.45) is 5.40. The van der Waals surface area contributed by atoms with Gasteiger partial charge in [0.15, 0.2) is 0 Å². The zero-order chi connectivity index (χ0) is 11.5. The van der Waals surface area contributed by atoms with E-state index in [4.69, 9.17) is 11.6 Å². The predicted octanol–water partition coefficient (Wildman–Crippen LogP) is 3.37. The van der Waals surface area contributed by atoms with Gasteiger partial charge in [0.25, 0.3) is 0 Å². The van der Waals surface area contributed by atoms with Crippen LogP contribution in [0.1, 0.15) is 33.1 Å². The molecule has 1 aromatic heterocycles. The minimum absolute atomic E-state index is 0.308. The van der Waals surface area contributed by atoms with Crippen molar-refractivity contribution in [3.8, 4) is 0 Å². The molecule has 88 valence electrons. The van der Waals surface area contributed by atoms with Crippen LogP contribution in [0.15, 0.2) is 12.3 Å². The second kappa shape index (κ2) is 5.00. The number of rotatable bonds is 2. The summed E-state index contributed by atoms with van der Waals surface area (Å²) in [5.74, 6) is 2.46. The maximum Gasteiger partial charge on any atom is 0.224 e. The third-order valence-corrected chi connectivity index (χ3v) is 3.76.